The van der Waals surface area contributed by atoms with Crippen molar-refractivity contribution in [3.8, 4) is 5.69 Å². The molecular weight excluding hydrogens is 360 g/mol. The summed E-state index contributed by atoms with van der Waals surface area (Å²) in [7, 11) is 0. The third-order valence-electron chi connectivity index (χ3n) is 4.34. The fourth-order valence-corrected chi connectivity index (χ4v) is 3.00. The number of nitrogens with zero attached hydrogens (tertiary/aromatic N) is 4. The lowest BCUT2D eigenvalue weighted by Crippen LogP contribution is -2.33. The van der Waals surface area contributed by atoms with E-state index in [1.54, 1.807) is 6.07 Å². The van der Waals surface area contributed by atoms with E-state index in [-0.39, 0.29) is 35.3 Å². The molecule has 2 heterocycles. The van der Waals surface area contributed by atoms with Crippen molar-refractivity contribution in [1.29, 1.82) is 0 Å². The summed E-state index contributed by atoms with van der Waals surface area (Å²) < 4.78 is 1.30. The maximum atomic E-state index is 12.3. The summed E-state index contributed by atoms with van der Waals surface area (Å²) in [5.74, 6) is 0.259. The fourth-order valence-electron chi connectivity index (χ4n) is 3.00. The van der Waals surface area contributed by atoms with Gasteiger partial charge in [0, 0.05) is 18.2 Å². The molecule has 1 aromatic carbocycles. The number of nitrogens with one attached hydrogen (secondary N) is 2. The SMILES string of the molecule is Cl.O=C(NCCC1CCCNC1)c1ccc(-n2cncn2)c([N+](=O)[O-])c1. The highest BCUT2D eigenvalue weighted by atomic mass is 35.5. The van der Waals surface area contributed by atoms with Crippen LogP contribution in [-0.4, -0.2) is 45.2 Å². The molecule has 1 amide bonds. The third kappa shape index (κ3) is 4.77. The zero-order valence-electron chi connectivity index (χ0n) is 14.1. The molecule has 1 aromatic heterocycles. The zero-order chi connectivity index (χ0) is 17.6. The van der Waals surface area contributed by atoms with E-state index in [0.717, 1.165) is 25.9 Å². The Morgan fingerprint density at radius 3 is 2.96 bits per heavy atom. The summed E-state index contributed by atoms with van der Waals surface area (Å²) in [5.41, 5.74) is 0.347. The Morgan fingerprint density at radius 2 is 2.31 bits per heavy atom. The first-order valence-electron chi connectivity index (χ1n) is 8.27. The second-order valence-corrected chi connectivity index (χ2v) is 6.06. The number of nitro groups is 1. The van der Waals surface area contributed by atoms with E-state index in [2.05, 4.69) is 20.7 Å². The van der Waals surface area contributed by atoms with Crippen LogP contribution in [0.25, 0.3) is 5.69 Å². The molecule has 1 unspecified atom stereocenters. The van der Waals surface area contributed by atoms with Gasteiger partial charge in [0.1, 0.15) is 18.3 Å². The highest BCUT2D eigenvalue weighted by molar-refractivity contribution is 5.95. The second-order valence-electron chi connectivity index (χ2n) is 6.06. The Balaban J connectivity index is 0.00000243. The normalized spacial score (nSPS) is 16.5. The van der Waals surface area contributed by atoms with Crippen LogP contribution in [0.15, 0.2) is 30.9 Å². The lowest BCUT2D eigenvalue weighted by molar-refractivity contribution is -0.384. The largest absolute Gasteiger partial charge is 0.352 e. The number of carbonyl (C=O) groups excluding carboxylic acids is 1. The van der Waals surface area contributed by atoms with Gasteiger partial charge in [-0.05, 0) is 50.4 Å². The highest BCUT2D eigenvalue weighted by Gasteiger charge is 2.19. The maximum absolute atomic E-state index is 12.3. The van der Waals surface area contributed by atoms with Gasteiger partial charge in [-0.3, -0.25) is 14.9 Å². The first kappa shape index (κ1) is 19.8. The number of benzene rings is 1. The Hall–Kier alpha value is -2.52. The summed E-state index contributed by atoms with van der Waals surface area (Å²) in [6.45, 7) is 2.60. The van der Waals surface area contributed by atoms with Crippen molar-refractivity contribution >= 4 is 24.0 Å². The average molecular weight is 381 g/mol. The van der Waals surface area contributed by atoms with Gasteiger partial charge in [0.05, 0.1) is 4.92 Å². The van der Waals surface area contributed by atoms with Crippen LogP contribution in [-0.2, 0) is 0 Å². The molecule has 9 nitrogen and oxygen atoms in total. The number of piperidine rings is 1. The molecular formula is C16H21ClN6O3. The van der Waals surface area contributed by atoms with Gasteiger partial charge in [0.15, 0.2) is 0 Å². The molecule has 1 aliphatic rings. The van der Waals surface area contributed by atoms with Crippen LogP contribution in [0.4, 0.5) is 5.69 Å². The highest BCUT2D eigenvalue weighted by Crippen LogP contribution is 2.23. The minimum atomic E-state index is -0.526. The van der Waals surface area contributed by atoms with E-state index in [0.29, 0.717) is 12.5 Å². The average Bonchev–Trinajstić information content (AvgIpc) is 3.16. The molecule has 10 heteroatoms. The van der Waals surface area contributed by atoms with Crippen LogP contribution in [0, 0.1) is 16.0 Å². The Kier molecular flexibility index (Phi) is 7.05. The number of nitro benzene ring substituents is 1. The Labute approximate surface area is 156 Å². The molecule has 26 heavy (non-hydrogen) atoms. The summed E-state index contributed by atoms with van der Waals surface area (Å²) >= 11 is 0. The Morgan fingerprint density at radius 1 is 1.46 bits per heavy atom. The van der Waals surface area contributed by atoms with Crippen LogP contribution < -0.4 is 10.6 Å². The fraction of sp³-hybridized carbons (Fsp3) is 0.438. The quantitative estimate of drug-likeness (QED) is 0.582. The zero-order valence-corrected chi connectivity index (χ0v) is 14.9. The molecule has 1 aliphatic heterocycles. The summed E-state index contributed by atoms with van der Waals surface area (Å²) in [6.07, 6.45) is 5.90. The topological polar surface area (TPSA) is 115 Å². The first-order valence-corrected chi connectivity index (χ1v) is 8.27. The lowest BCUT2D eigenvalue weighted by atomic mass is 9.96. The van der Waals surface area contributed by atoms with E-state index in [4.69, 9.17) is 0 Å². The molecule has 1 fully saturated rings. The van der Waals surface area contributed by atoms with Crippen LogP contribution >= 0.6 is 12.4 Å². The number of amides is 1. The number of carbonyl (C=O) groups is 1. The van der Waals surface area contributed by atoms with E-state index in [1.165, 1.54) is 35.9 Å². The minimum Gasteiger partial charge on any atom is -0.352 e. The van der Waals surface area contributed by atoms with Crippen molar-refractivity contribution in [2.45, 2.75) is 19.3 Å². The molecule has 0 aliphatic carbocycles. The molecule has 2 aromatic rings. The predicted octanol–water partition coefficient (Wildman–Crippen LogP) is 1.72. The molecule has 140 valence electrons. The summed E-state index contributed by atoms with van der Waals surface area (Å²) in [4.78, 5) is 26.9. The second kappa shape index (κ2) is 9.25. The van der Waals surface area contributed by atoms with Crippen LogP contribution in [0.2, 0.25) is 0 Å². The van der Waals surface area contributed by atoms with Gasteiger partial charge < -0.3 is 10.6 Å². The number of hydrogen-bond acceptors (Lipinski definition) is 6. The van der Waals surface area contributed by atoms with Gasteiger partial charge in [-0.2, -0.15) is 5.10 Å². The van der Waals surface area contributed by atoms with Crippen LogP contribution in [0.3, 0.4) is 0 Å². The van der Waals surface area contributed by atoms with Gasteiger partial charge >= 0.3 is 0 Å². The van der Waals surface area contributed by atoms with E-state index < -0.39 is 4.92 Å². The van der Waals surface area contributed by atoms with E-state index in [9.17, 15) is 14.9 Å². The van der Waals surface area contributed by atoms with Crippen molar-refractivity contribution < 1.29 is 9.72 Å². The molecule has 1 atom stereocenters. The van der Waals surface area contributed by atoms with Gasteiger partial charge in [0.2, 0.25) is 0 Å². The molecule has 0 bridgehead atoms. The molecule has 0 radical (unpaired) electrons. The minimum absolute atomic E-state index is 0. The Bertz CT molecular complexity index is 746. The predicted molar refractivity (Wildman–Crippen MR) is 97.8 cm³/mol. The number of aromatic nitrogens is 3. The summed E-state index contributed by atoms with van der Waals surface area (Å²) in [6, 6.07) is 4.34. The molecule has 3 rings (SSSR count). The molecule has 1 saturated heterocycles. The summed E-state index contributed by atoms with van der Waals surface area (Å²) in [5, 5.41) is 21.4. The van der Waals surface area contributed by atoms with Crippen molar-refractivity contribution in [1.82, 2.24) is 25.4 Å². The van der Waals surface area contributed by atoms with E-state index in [1.807, 2.05) is 0 Å². The maximum Gasteiger partial charge on any atom is 0.295 e. The third-order valence-corrected chi connectivity index (χ3v) is 4.34. The molecule has 0 spiro atoms. The number of hydrogen-bond donors (Lipinski definition) is 2. The van der Waals surface area contributed by atoms with Crippen molar-refractivity contribution in [2.24, 2.45) is 5.92 Å². The van der Waals surface area contributed by atoms with Crippen molar-refractivity contribution in [3.05, 3.63) is 46.5 Å². The van der Waals surface area contributed by atoms with Gasteiger partial charge in [0.25, 0.3) is 11.6 Å². The van der Waals surface area contributed by atoms with Gasteiger partial charge in [-0.15, -0.1) is 12.4 Å². The molecule has 2 N–H and O–H groups in total. The van der Waals surface area contributed by atoms with Crippen molar-refractivity contribution in [2.75, 3.05) is 19.6 Å². The number of halogens is 1. The van der Waals surface area contributed by atoms with E-state index >= 15 is 0 Å². The first-order chi connectivity index (χ1) is 12.1. The lowest BCUT2D eigenvalue weighted by Gasteiger charge is -2.22. The van der Waals surface area contributed by atoms with Gasteiger partial charge in [-0.25, -0.2) is 9.67 Å². The van der Waals surface area contributed by atoms with Gasteiger partial charge in [-0.1, -0.05) is 0 Å². The molecule has 0 saturated carbocycles. The van der Waals surface area contributed by atoms with Crippen molar-refractivity contribution in [3.63, 3.8) is 0 Å². The standard InChI is InChI=1S/C16H20N6O3.ClH/c23-16(19-7-5-12-2-1-6-17-9-12)13-3-4-14(15(8-13)22(24)25)21-11-18-10-20-21;/h3-4,8,10-12,17H,1-2,5-7,9H2,(H,19,23);1H. The van der Waals surface area contributed by atoms with Crippen LogP contribution in [0.5, 0.6) is 0 Å². The smallest absolute Gasteiger partial charge is 0.295 e. The monoisotopic (exact) mass is 380 g/mol. The van der Waals surface area contributed by atoms with Crippen LogP contribution in [0.1, 0.15) is 29.6 Å². The number of rotatable bonds is 6.